The molecule has 0 fully saturated rings. The van der Waals surface area contributed by atoms with E-state index in [2.05, 4.69) is 10.2 Å². The molecule has 0 bridgehead atoms. The molecule has 0 saturated heterocycles. The lowest BCUT2D eigenvalue weighted by molar-refractivity contribution is 0.460. The number of aromatic nitrogens is 3. The third-order valence-electron chi connectivity index (χ3n) is 4.03. The number of fused-ring (bicyclic) bond motifs is 1. The molecular weight excluding hydrogens is 262 g/mol. The summed E-state index contributed by atoms with van der Waals surface area (Å²) in [6.07, 6.45) is 0.784. The van der Waals surface area contributed by atoms with Crippen LogP contribution in [0.15, 0.2) is 24.3 Å². The maximum Gasteiger partial charge on any atom is 0.146 e. The number of aryl methyl sites for hydroxylation is 2. The largest absolute Gasteiger partial charge is 0.505 e. The highest BCUT2D eigenvalue weighted by Gasteiger charge is 2.15. The van der Waals surface area contributed by atoms with E-state index in [0.29, 0.717) is 5.69 Å². The normalized spacial score (nSPS) is 11.2. The Labute approximate surface area is 124 Å². The van der Waals surface area contributed by atoms with Crippen molar-refractivity contribution in [1.29, 1.82) is 0 Å². The molecule has 4 heteroatoms. The van der Waals surface area contributed by atoms with Gasteiger partial charge in [-0.25, -0.2) is 0 Å². The quantitative estimate of drug-likeness (QED) is 0.780. The van der Waals surface area contributed by atoms with Gasteiger partial charge < -0.3 is 5.11 Å². The Bertz CT molecular complexity index is 834. The molecule has 0 spiro atoms. The van der Waals surface area contributed by atoms with Gasteiger partial charge in [0, 0.05) is 0 Å². The molecule has 0 saturated carbocycles. The summed E-state index contributed by atoms with van der Waals surface area (Å²) in [5, 5.41) is 19.5. The van der Waals surface area contributed by atoms with Gasteiger partial charge in [0.2, 0.25) is 0 Å². The average molecular weight is 281 g/mol. The van der Waals surface area contributed by atoms with Gasteiger partial charge in [0.1, 0.15) is 22.5 Å². The molecule has 0 unspecified atom stereocenters. The molecule has 21 heavy (non-hydrogen) atoms. The van der Waals surface area contributed by atoms with Crippen LogP contribution in [0.25, 0.3) is 16.7 Å². The molecule has 4 nitrogen and oxygen atoms in total. The van der Waals surface area contributed by atoms with Crippen molar-refractivity contribution < 1.29 is 5.11 Å². The second-order valence-electron chi connectivity index (χ2n) is 5.50. The molecule has 108 valence electrons. The lowest BCUT2D eigenvalue weighted by atomic mass is 9.99. The van der Waals surface area contributed by atoms with Crippen LogP contribution in [0.2, 0.25) is 0 Å². The Hall–Kier alpha value is -2.36. The van der Waals surface area contributed by atoms with Gasteiger partial charge in [-0.1, -0.05) is 13.0 Å². The molecule has 0 radical (unpaired) electrons. The number of phenols is 1. The maximum absolute atomic E-state index is 10.5. The van der Waals surface area contributed by atoms with Gasteiger partial charge in [-0.2, -0.15) is 0 Å². The van der Waals surface area contributed by atoms with Gasteiger partial charge >= 0.3 is 0 Å². The van der Waals surface area contributed by atoms with Crippen molar-refractivity contribution in [1.82, 2.24) is 15.0 Å². The molecule has 0 aliphatic heterocycles. The SMILES string of the molecule is CCc1c(C)c(C)cc(-n2nc3ccc(C)cc3n2)c1O. The van der Waals surface area contributed by atoms with Crippen LogP contribution in [-0.2, 0) is 6.42 Å². The molecule has 0 amide bonds. The van der Waals surface area contributed by atoms with E-state index in [4.69, 9.17) is 0 Å². The number of hydrogen-bond acceptors (Lipinski definition) is 3. The third-order valence-corrected chi connectivity index (χ3v) is 4.03. The van der Waals surface area contributed by atoms with Crippen molar-refractivity contribution in [3.05, 3.63) is 46.5 Å². The fourth-order valence-electron chi connectivity index (χ4n) is 2.67. The zero-order chi connectivity index (χ0) is 15.1. The minimum atomic E-state index is 0.276. The summed E-state index contributed by atoms with van der Waals surface area (Å²) in [7, 11) is 0. The molecule has 3 rings (SSSR count). The number of rotatable bonds is 2. The first-order valence-electron chi connectivity index (χ1n) is 7.17. The average Bonchev–Trinajstić information content (AvgIpc) is 2.86. The molecular formula is C17H19N3O. The second-order valence-corrected chi connectivity index (χ2v) is 5.50. The molecule has 1 N–H and O–H groups in total. The Morgan fingerprint density at radius 1 is 1.05 bits per heavy atom. The molecule has 0 aliphatic carbocycles. The first-order chi connectivity index (χ1) is 10.0. The lowest BCUT2D eigenvalue weighted by Gasteiger charge is -2.13. The smallest absolute Gasteiger partial charge is 0.146 e. The Morgan fingerprint density at radius 2 is 1.76 bits per heavy atom. The topological polar surface area (TPSA) is 50.9 Å². The number of phenolic OH excluding ortho intramolecular Hbond substituents is 1. The molecule has 0 atom stereocenters. The van der Waals surface area contributed by atoms with Gasteiger partial charge in [0.05, 0.1) is 0 Å². The van der Waals surface area contributed by atoms with Crippen LogP contribution in [0, 0.1) is 20.8 Å². The van der Waals surface area contributed by atoms with Gasteiger partial charge in [-0.15, -0.1) is 15.0 Å². The van der Waals surface area contributed by atoms with Crippen LogP contribution >= 0.6 is 0 Å². The third kappa shape index (κ3) is 2.17. The van der Waals surface area contributed by atoms with E-state index in [9.17, 15) is 5.11 Å². The first-order valence-corrected chi connectivity index (χ1v) is 7.17. The van der Waals surface area contributed by atoms with E-state index in [-0.39, 0.29) is 5.75 Å². The van der Waals surface area contributed by atoms with Crippen LogP contribution in [0.1, 0.15) is 29.2 Å². The second kappa shape index (κ2) is 4.88. The van der Waals surface area contributed by atoms with Crippen molar-refractivity contribution >= 4 is 11.0 Å². The van der Waals surface area contributed by atoms with E-state index in [1.807, 2.05) is 52.0 Å². The van der Waals surface area contributed by atoms with Gasteiger partial charge in [0.15, 0.2) is 0 Å². The summed E-state index contributed by atoms with van der Waals surface area (Å²) in [5.41, 5.74) is 6.69. The number of nitrogens with zero attached hydrogens (tertiary/aromatic N) is 3. The summed E-state index contributed by atoms with van der Waals surface area (Å²) in [6, 6.07) is 7.90. The number of aromatic hydroxyl groups is 1. The van der Waals surface area contributed by atoms with E-state index in [1.54, 1.807) is 0 Å². The summed E-state index contributed by atoms with van der Waals surface area (Å²) in [6.45, 7) is 8.15. The predicted molar refractivity (Wildman–Crippen MR) is 84.1 cm³/mol. The van der Waals surface area contributed by atoms with Crippen molar-refractivity contribution in [2.24, 2.45) is 0 Å². The summed E-state index contributed by atoms with van der Waals surface area (Å²) in [4.78, 5) is 1.53. The van der Waals surface area contributed by atoms with E-state index in [0.717, 1.165) is 39.7 Å². The van der Waals surface area contributed by atoms with Crippen molar-refractivity contribution in [3.63, 3.8) is 0 Å². The van der Waals surface area contributed by atoms with Crippen LogP contribution in [0.4, 0.5) is 0 Å². The van der Waals surface area contributed by atoms with E-state index in [1.165, 1.54) is 4.80 Å². The monoisotopic (exact) mass is 281 g/mol. The number of benzene rings is 2. The van der Waals surface area contributed by atoms with E-state index >= 15 is 0 Å². The van der Waals surface area contributed by atoms with Gasteiger partial charge in [0.25, 0.3) is 0 Å². The highest BCUT2D eigenvalue weighted by Crippen LogP contribution is 2.31. The van der Waals surface area contributed by atoms with Crippen LogP contribution in [0.3, 0.4) is 0 Å². The standard InChI is InChI=1S/C17H19N3O/c1-5-13-12(4)11(3)9-16(17(13)21)20-18-14-7-6-10(2)8-15(14)19-20/h6-9,21H,5H2,1-4H3. The maximum atomic E-state index is 10.5. The highest BCUT2D eigenvalue weighted by molar-refractivity contribution is 5.75. The Balaban J connectivity index is 2.25. The van der Waals surface area contributed by atoms with Crippen LogP contribution < -0.4 is 0 Å². The number of hydrogen-bond donors (Lipinski definition) is 1. The molecule has 1 aromatic heterocycles. The minimum absolute atomic E-state index is 0.276. The minimum Gasteiger partial charge on any atom is -0.505 e. The summed E-state index contributed by atoms with van der Waals surface area (Å²) < 4.78 is 0. The Morgan fingerprint density at radius 3 is 2.48 bits per heavy atom. The zero-order valence-electron chi connectivity index (χ0n) is 12.8. The lowest BCUT2D eigenvalue weighted by Crippen LogP contribution is -2.03. The molecule has 2 aromatic carbocycles. The first kappa shape index (κ1) is 13.6. The fraction of sp³-hybridized carbons (Fsp3) is 0.294. The predicted octanol–water partition coefficient (Wildman–Crippen LogP) is 3.61. The summed E-state index contributed by atoms with van der Waals surface area (Å²) in [5.74, 6) is 0.276. The Kier molecular flexibility index (Phi) is 3.16. The fourth-order valence-corrected chi connectivity index (χ4v) is 2.67. The van der Waals surface area contributed by atoms with Crippen molar-refractivity contribution in [2.75, 3.05) is 0 Å². The summed E-state index contributed by atoms with van der Waals surface area (Å²) >= 11 is 0. The molecule has 3 aromatic rings. The van der Waals surface area contributed by atoms with Gasteiger partial charge in [-0.3, -0.25) is 0 Å². The van der Waals surface area contributed by atoms with Crippen LogP contribution in [-0.4, -0.2) is 20.1 Å². The highest BCUT2D eigenvalue weighted by atomic mass is 16.3. The van der Waals surface area contributed by atoms with E-state index < -0.39 is 0 Å². The van der Waals surface area contributed by atoms with Crippen molar-refractivity contribution in [2.45, 2.75) is 34.1 Å². The van der Waals surface area contributed by atoms with Crippen molar-refractivity contribution in [3.8, 4) is 11.4 Å². The molecule has 0 aliphatic rings. The molecule has 1 heterocycles. The van der Waals surface area contributed by atoms with Crippen LogP contribution in [0.5, 0.6) is 5.75 Å². The zero-order valence-corrected chi connectivity index (χ0v) is 12.8. The van der Waals surface area contributed by atoms with Gasteiger partial charge in [-0.05, 0) is 67.6 Å².